The Hall–Kier alpha value is -2.18. The fourth-order valence-corrected chi connectivity index (χ4v) is 3.22. The summed E-state index contributed by atoms with van der Waals surface area (Å²) in [4.78, 5) is 24.6. The van der Waals surface area contributed by atoms with Crippen molar-refractivity contribution in [2.24, 2.45) is 0 Å². The number of rotatable bonds is 11. The third kappa shape index (κ3) is 7.93. The maximum Gasteiger partial charge on any atom is 0.305 e. The first kappa shape index (κ1) is 21.1. The molecule has 6 nitrogen and oxygen atoms in total. The quantitative estimate of drug-likeness (QED) is 0.458. The Bertz CT molecular complexity index is 616. The van der Waals surface area contributed by atoms with Crippen LogP contribution in [0.2, 0.25) is 0 Å². The average Bonchev–Trinajstić information content (AvgIpc) is 2.65. The van der Waals surface area contributed by atoms with Crippen molar-refractivity contribution in [2.45, 2.75) is 50.7 Å². The molecule has 2 N–H and O–H groups in total. The molecule has 148 valence electrons. The average molecular weight is 375 g/mol. The second kappa shape index (κ2) is 11.5. The Morgan fingerprint density at radius 3 is 2.81 bits per heavy atom. The first-order valence-electron chi connectivity index (χ1n) is 9.55. The summed E-state index contributed by atoms with van der Waals surface area (Å²) < 4.78 is 5.29. The summed E-state index contributed by atoms with van der Waals surface area (Å²) in [7, 11) is 0. The van der Waals surface area contributed by atoms with E-state index in [9.17, 15) is 14.7 Å². The predicted molar refractivity (Wildman–Crippen MR) is 102 cm³/mol. The molecular weight excluding hydrogens is 346 g/mol. The molecule has 0 bridgehead atoms. The van der Waals surface area contributed by atoms with E-state index in [2.05, 4.69) is 0 Å². The zero-order valence-corrected chi connectivity index (χ0v) is 15.6. The van der Waals surface area contributed by atoms with Gasteiger partial charge >= 0.3 is 5.97 Å². The third-order valence-corrected chi connectivity index (χ3v) is 4.60. The van der Waals surface area contributed by atoms with Gasteiger partial charge in [-0.3, -0.25) is 9.59 Å². The van der Waals surface area contributed by atoms with Crippen LogP contribution in [0.3, 0.4) is 0 Å². The lowest BCUT2D eigenvalue weighted by atomic mass is 9.99. The first-order valence-corrected chi connectivity index (χ1v) is 9.55. The van der Waals surface area contributed by atoms with Crippen molar-refractivity contribution in [3.05, 3.63) is 48.0 Å². The molecule has 1 aliphatic rings. The van der Waals surface area contributed by atoms with E-state index >= 15 is 0 Å². The van der Waals surface area contributed by atoms with E-state index in [1.165, 1.54) is 0 Å². The van der Waals surface area contributed by atoms with Crippen molar-refractivity contribution in [2.75, 3.05) is 19.8 Å². The monoisotopic (exact) mass is 375 g/mol. The molecule has 1 aromatic rings. The second-order valence-corrected chi connectivity index (χ2v) is 6.80. The number of carboxylic acid groups (broad SMARTS) is 1. The molecule has 0 aromatic heterocycles. The molecule has 1 saturated heterocycles. The number of amides is 1. The summed E-state index contributed by atoms with van der Waals surface area (Å²) in [6, 6.07) is 9.81. The number of hydrogen-bond acceptors (Lipinski definition) is 4. The molecule has 27 heavy (non-hydrogen) atoms. The number of ether oxygens (including phenoxy) is 1. The van der Waals surface area contributed by atoms with E-state index in [0.717, 1.165) is 18.4 Å². The highest BCUT2D eigenvalue weighted by molar-refractivity contribution is 5.77. The summed E-state index contributed by atoms with van der Waals surface area (Å²) >= 11 is 0. The van der Waals surface area contributed by atoms with Gasteiger partial charge in [-0.2, -0.15) is 0 Å². The molecule has 1 aliphatic heterocycles. The van der Waals surface area contributed by atoms with E-state index < -0.39 is 12.1 Å². The Morgan fingerprint density at radius 1 is 1.30 bits per heavy atom. The number of carbonyl (C=O) groups is 2. The van der Waals surface area contributed by atoms with Gasteiger partial charge in [0.2, 0.25) is 5.91 Å². The third-order valence-electron chi connectivity index (χ3n) is 4.60. The molecule has 6 heteroatoms. The SMILES string of the molecule is O=C(O)CCOCCCN1C(=O)CCC[C@@H]1C=CC(O)Cc1ccccc1. The highest BCUT2D eigenvalue weighted by Gasteiger charge is 2.25. The Morgan fingerprint density at radius 2 is 2.07 bits per heavy atom. The zero-order chi connectivity index (χ0) is 19.5. The number of hydrogen-bond donors (Lipinski definition) is 2. The van der Waals surface area contributed by atoms with Gasteiger partial charge in [0.1, 0.15) is 0 Å². The number of aliphatic hydroxyl groups is 1. The van der Waals surface area contributed by atoms with Crippen LogP contribution in [0.1, 0.15) is 37.7 Å². The number of aliphatic hydroxyl groups excluding tert-OH is 1. The van der Waals surface area contributed by atoms with Gasteiger partial charge in [0.05, 0.1) is 25.2 Å². The minimum absolute atomic E-state index is 0.00399. The van der Waals surface area contributed by atoms with Gasteiger partial charge in [0, 0.05) is 26.0 Å². The van der Waals surface area contributed by atoms with Crippen LogP contribution in [0.25, 0.3) is 0 Å². The molecule has 2 rings (SSSR count). The Kier molecular flexibility index (Phi) is 9.01. The van der Waals surface area contributed by atoms with Crippen LogP contribution in [-0.2, 0) is 20.7 Å². The fraction of sp³-hybridized carbons (Fsp3) is 0.524. The van der Waals surface area contributed by atoms with E-state index in [1.807, 2.05) is 41.3 Å². The molecule has 1 amide bonds. The van der Waals surface area contributed by atoms with Gasteiger partial charge < -0.3 is 19.8 Å². The fourth-order valence-electron chi connectivity index (χ4n) is 3.22. The van der Waals surface area contributed by atoms with Crippen molar-refractivity contribution in [1.82, 2.24) is 4.90 Å². The molecule has 0 saturated carbocycles. The van der Waals surface area contributed by atoms with Gasteiger partial charge in [-0.25, -0.2) is 0 Å². The minimum atomic E-state index is -0.875. The molecule has 2 atom stereocenters. The number of aliphatic carboxylic acids is 1. The second-order valence-electron chi connectivity index (χ2n) is 6.80. The molecule has 1 heterocycles. The van der Waals surface area contributed by atoms with Crippen LogP contribution in [0, 0.1) is 0 Å². The summed E-state index contributed by atoms with van der Waals surface area (Å²) in [5, 5.41) is 18.8. The predicted octanol–water partition coefficient (Wildman–Crippen LogP) is 2.41. The zero-order valence-electron chi connectivity index (χ0n) is 15.6. The van der Waals surface area contributed by atoms with Gasteiger partial charge in [0.25, 0.3) is 0 Å². The van der Waals surface area contributed by atoms with Crippen molar-refractivity contribution < 1.29 is 24.5 Å². The maximum absolute atomic E-state index is 12.3. The maximum atomic E-state index is 12.3. The van der Waals surface area contributed by atoms with E-state index in [0.29, 0.717) is 32.4 Å². The Balaban J connectivity index is 1.79. The molecular formula is C21H29NO5. The number of carboxylic acids is 1. The van der Waals surface area contributed by atoms with Crippen LogP contribution in [-0.4, -0.2) is 58.9 Å². The van der Waals surface area contributed by atoms with Crippen molar-refractivity contribution in [3.63, 3.8) is 0 Å². The van der Waals surface area contributed by atoms with Crippen molar-refractivity contribution in [1.29, 1.82) is 0 Å². The lowest BCUT2D eigenvalue weighted by Gasteiger charge is -2.34. The smallest absolute Gasteiger partial charge is 0.305 e. The van der Waals surface area contributed by atoms with Gasteiger partial charge in [-0.05, 0) is 24.8 Å². The number of piperidine rings is 1. The summed E-state index contributed by atoms with van der Waals surface area (Å²) in [6.45, 7) is 1.21. The van der Waals surface area contributed by atoms with Crippen LogP contribution in [0.15, 0.2) is 42.5 Å². The topological polar surface area (TPSA) is 87.1 Å². The lowest BCUT2D eigenvalue weighted by molar-refractivity contribution is -0.138. The summed E-state index contributed by atoms with van der Waals surface area (Å²) in [6.07, 6.45) is 6.66. The van der Waals surface area contributed by atoms with E-state index in [-0.39, 0.29) is 25.0 Å². The molecule has 0 spiro atoms. The summed E-state index contributed by atoms with van der Waals surface area (Å²) in [5.74, 6) is -0.751. The molecule has 0 aliphatic carbocycles. The number of carbonyl (C=O) groups excluding carboxylic acids is 1. The standard InChI is InChI=1S/C21H29NO5/c23-19(16-17-6-2-1-3-7-17)11-10-18-8-4-9-20(24)22(18)13-5-14-27-15-12-21(25)26/h1-3,6-7,10-11,18-19,23H,4-5,8-9,12-16H2,(H,25,26)/t18-,19?/m1/s1. The molecule has 1 fully saturated rings. The number of nitrogens with zero attached hydrogens (tertiary/aromatic N) is 1. The number of likely N-dealkylation sites (tertiary alicyclic amines) is 1. The van der Waals surface area contributed by atoms with Gasteiger partial charge in [-0.15, -0.1) is 0 Å². The van der Waals surface area contributed by atoms with E-state index in [1.54, 1.807) is 6.08 Å². The van der Waals surface area contributed by atoms with Crippen LogP contribution < -0.4 is 0 Å². The Labute approximate surface area is 160 Å². The first-order chi connectivity index (χ1) is 13.1. The highest BCUT2D eigenvalue weighted by atomic mass is 16.5. The van der Waals surface area contributed by atoms with E-state index in [4.69, 9.17) is 9.84 Å². The van der Waals surface area contributed by atoms with Gasteiger partial charge in [0.15, 0.2) is 0 Å². The van der Waals surface area contributed by atoms with Crippen molar-refractivity contribution in [3.8, 4) is 0 Å². The number of benzene rings is 1. The highest BCUT2D eigenvalue weighted by Crippen LogP contribution is 2.20. The molecule has 0 radical (unpaired) electrons. The molecule has 1 aromatic carbocycles. The molecule has 1 unspecified atom stereocenters. The van der Waals surface area contributed by atoms with Crippen molar-refractivity contribution >= 4 is 11.9 Å². The van der Waals surface area contributed by atoms with Crippen LogP contribution in [0.5, 0.6) is 0 Å². The lowest BCUT2D eigenvalue weighted by Crippen LogP contribution is -2.43. The summed E-state index contributed by atoms with van der Waals surface area (Å²) in [5.41, 5.74) is 1.07. The van der Waals surface area contributed by atoms with Gasteiger partial charge in [-0.1, -0.05) is 42.5 Å². The van der Waals surface area contributed by atoms with Crippen LogP contribution >= 0.6 is 0 Å². The normalized spacial score (nSPS) is 18.8. The minimum Gasteiger partial charge on any atom is -0.481 e. The van der Waals surface area contributed by atoms with Crippen LogP contribution in [0.4, 0.5) is 0 Å². The largest absolute Gasteiger partial charge is 0.481 e.